The van der Waals surface area contributed by atoms with Crippen LogP contribution in [0.5, 0.6) is 0 Å². The van der Waals surface area contributed by atoms with Crippen molar-refractivity contribution in [2.24, 2.45) is 16.0 Å². The highest BCUT2D eigenvalue weighted by molar-refractivity contribution is 7.90. The molecule has 15 nitrogen and oxygen atoms in total. The van der Waals surface area contributed by atoms with Crippen LogP contribution in [0.15, 0.2) is 33.7 Å². The number of primary amides is 1. The fourth-order valence-electron chi connectivity index (χ4n) is 6.93. The molecule has 18 heteroatoms. The number of ketones is 1. The van der Waals surface area contributed by atoms with Gasteiger partial charge in [0.15, 0.2) is 11.6 Å². The third-order valence-electron chi connectivity index (χ3n) is 9.63. The number of Topliss-reactive ketones (excluding diaryl/α,β-unsaturated/α-hetero) is 1. The molecule has 0 unspecified atom stereocenters. The van der Waals surface area contributed by atoms with Crippen LogP contribution in [0.3, 0.4) is 0 Å². The maximum absolute atomic E-state index is 14.5. The molecule has 3 amide bonds. The molecule has 5 rings (SSSR count). The van der Waals surface area contributed by atoms with Crippen molar-refractivity contribution in [2.45, 2.75) is 99.8 Å². The molecule has 4 N–H and O–H groups in total. The highest BCUT2D eigenvalue weighted by atomic mass is 32.2. The van der Waals surface area contributed by atoms with Gasteiger partial charge >= 0.3 is 0 Å². The van der Waals surface area contributed by atoms with Crippen LogP contribution in [0.25, 0.3) is 0 Å². The Morgan fingerprint density at radius 1 is 1.12 bits per heavy atom. The molecule has 3 heterocycles. The fourth-order valence-corrected chi connectivity index (χ4v) is 7.97. The average Bonchev–Trinajstić information content (AvgIpc) is 3.74. The normalized spacial score (nSPS) is 21.9. The lowest BCUT2D eigenvalue weighted by molar-refractivity contribution is -0.146. The maximum Gasteiger partial charge on any atom is 0.287 e. The predicted octanol–water partition coefficient (Wildman–Crippen LogP) is 1.45. The molecular formula is C32H41F2N7O8S. The van der Waals surface area contributed by atoms with Gasteiger partial charge in [-0.1, -0.05) is 37.3 Å². The van der Waals surface area contributed by atoms with Crippen molar-refractivity contribution in [3.63, 3.8) is 0 Å². The second-order valence-electron chi connectivity index (χ2n) is 13.7. The number of ether oxygens (including phenoxy) is 1. The van der Waals surface area contributed by atoms with Crippen LogP contribution in [-0.4, -0.2) is 94.0 Å². The number of nitrogens with zero attached hydrogens (tertiary/aromatic N) is 5. The lowest BCUT2D eigenvalue weighted by Crippen LogP contribution is -2.63. The van der Waals surface area contributed by atoms with Gasteiger partial charge in [-0.2, -0.15) is 12.8 Å². The topological polar surface area (TPSA) is 216 Å². The van der Waals surface area contributed by atoms with Crippen LogP contribution in [0.2, 0.25) is 0 Å². The van der Waals surface area contributed by atoms with Crippen molar-refractivity contribution in [3.05, 3.63) is 41.7 Å². The maximum atomic E-state index is 14.5. The van der Waals surface area contributed by atoms with Gasteiger partial charge in [-0.15, -0.1) is 5.10 Å². The highest BCUT2D eigenvalue weighted by Gasteiger charge is 2.49. The number of likely N-dealkylation sites (tertiary alicyclic amines) is 1. The number of carbonyl (C=O) groups is 4. The van der Waals surface area contributed by atoms with Gasteiger partial charge in [0.2, 0.25) is 11.7 Å². The first kappa shape index (κ1) is 37.1. The quantitative estimate of drug-likeness (QED) is 0.224. The van der Waals surface area contributed by atoms with E-state index in [-0.39, 0.29) is 57.1 Å². The molecule has 0 radical (unpaired) electrons. The zero-order chi connectivity index (χ0) is 36.4. The molecular weight excluding hydrogens is 680 g/mol. The Balaban J connectivity index is 1.56. The molecule has 272 valence electrons. The molecule has 0 bridgehead atoms. The van der Waals surface area contributed by atoms with Crippen molar-refractivity contribution >= 4 is 39.2 Å². The van der Waals surface area contributed by atoms with Gasteiger partial charge in [0.05, 0.1) is 22.8 Å². The van der Waals surface area contributed by atoms with Gasteiger partial charge in [-0.25, -0.2) is 13.5 Å². The summed E-state index contributed by atoms with van der Waals surface area (Å²) in [6.45, 7) is 2.89. The zero-order valence-corrected chi connectivity index (χ0v) is 28.6. The summed E-state index contributed by atoms with van der Waals surface area (Å²) in [5.41, 5.74) is 2.09. The summed E-state index contributed by atoms with van der Waals surface area (Å²) in [7, 11) is -4.74. The number of hydrogen-bond donors (Lipinski definition) is 3. The largest absolute Gasteiger partial charge is 0.384 e. The van der Waals surface area contributed by atoms with Gasteiger partial charge < -0.3 is 25.8 Å². The molecule has 50 heavy (non-hydrogen) atoms. The third kappa shape index (κ3) is 7.91. The molecule has 2 aromatic rings. The number of hydrogen-bond acceptors (Lipinski definition) is 10. The minimum Gasteiger partial charge on any atom is -0.384 e. The van der Waals surface area contributed by atoms with E-state index in [4.69, 9.17) is 10.5 Å². The number of halogens is 2. The van der Waals surface area contributed by atoms with Crippen LogP contribution in [-0.2, 0) is 39.5 Å². The molecule has 0 spiro atoms. The molecule has 2 saturated heterocycles. The first-order valence-corrected chi connectivity index (χ1v) is 17.9. The summed E-state index contributed by atoms with van der Waals surface area (Å²) >= 11 is 0. The van der Waals surface area contributed by atoms with Gasteiger partial charge in [0, 0.05) is 39.0 Å². The van der Waals surface area contributed by atoms with Gasteiger partial charge in [-0.05, 0) is 44.4 Å². The number of rotatable bonds is 11. The van der Waals surface area contributed by atoms with E-state index in [9.17, 15) is 41.5 Å². The van der Waals surface area contributed by atoms with E-state index < -0.39 is 79.0 Å². The SMILES string of the molecule is CC(C)(O)c1cnnn1[C@H]1C[C@@H](C(=O)NC2(C(=O)C(N)=O)CCOCC2)N(C(=O)/C(CC2CCCCC2)=N/S(=O)(=O)c2ccc(F)c(F)c2)C1. The number of aliphatic hydroxyl groups is 1. The molecule has 1 saturated carbocycles. The van der Waals surface area contributed by atoms with E-state index in [1.807, 2.05) is 0 Å². The molecule has 2 atom stereocenters. The van der Waals surface area contributed by atoms with Crippen molar-refractivity contribution in [1.82, 2.24) is 25.2 Å². The summed E-state index contributed by atoms with van der Waals surface area (Å²) < 4.78 is 65.3. The second kappa shape index (κ2) is 14.6. The molecule has 1 aliphatic carbocycles. The number of sulfonamides is 1. The standard InChI is InChI=1S/C32H41F2N7O8S/c1-31(2,46)26-17-36-39-41(26)20-15-25(29(44)37-32(27(42)28(35)43)10-12-49-13-11-32)40(18-20)30(45)24(14-19-6-4-3-5-7-19)38-50(47,48)21-8-9-22(33)23(34)16-21/h8-9,16-17,19-20,25,46H,3-7,10-15,18H2,1-2H3,(H2,35,43)(H,37,44)/b38-24+/t20-,25-/m0/s1. The Labute approximate surface area is 287 Å². The van der Waals surface area contributed by atoms with Crippen LogP contribution >= 0.6 is 0 Å². The first-order chi connectivity index (χ1) is 23.5. The minimum absolute atomic E-state index is 0.0448. The van der Waals surface area contributed by atoms with E-state index in [1.54, 1.807) is 0 Å². The lowest BCUT2D eigenvalue weighted by Gasteiger charge is -2.37. The third-order valence-corrected chi connectivity index (χ3v) is 10.9. The van der Waals surface area contributed by atoms with E-state index in [0.29, 0.717) is 25.0 Å². The van der Waals surface area contributed by atoms with E-state index in [0.717, 1.165) is 30.2 Å². The summed E-state index contributed by atoms with van der Waals surface area (Å²) in [5, 5.41) is 21.5. The van der Waals surface area contributed by atoms with Crippen LogP contribution in [0.1, 0.15) is 83.4 Å². The Morgan fingerprint density at radius 3 is 2.42 bits per heavy atom. The monoisotopic (exact) mass is 721 g/mol. The molecule has 3 aliphatic rings. The molecule has 3 fully saturated rings. The summed E-state index contributed by atoms with van der Waals surface area (Å²) in [4.78, 5) is 54.3. The predicted molar refractivity (Wildman–Crippen MR) is 172 cm³/mol. The molecule has 1 aromatic heterocycles. The van der Waals surface area contributed by atoms with Crippen LogP contribution < -0.4 is 11.1 Å². The number of carbonyl (C=O) groups excluding carboxylic acids is 4. The lowest BCUT2D eigenvalue weighted by atomic mass is 9.84. The van der Waals surface area contributed by atoms with E-state index in [1.165, 1.54) is 24.7 Å². The molecule has 1 aromatic carbocycles. The van der Waals surface area contributed by atoms with Crippen molar-refractivity contribution in [1.29, 1.82) is 0 Å². The van der Waals surface area contributed by atoms with Crippen molar-refractivity contribution < 1.29 is 46.2 Å². The minimum atomic E-state index is -4.74. The first-order valence-electron chi connectivity index (χ1n) is 16.5. The Kier molecular flexibility index (Phi) is 10.8. The molecule has 2 aliphatic heterocycles. The second-order valence-corrected chi connectivity index (χ2v) is 15.3. The Bertz CT molecular complexity index is 1780. The van der Waals surface area contributed by atoms with Crippen LogP contribution in [0.4, 0.5) is 8.78 Å². The van der Waals surface area contributed by atoms with Gasteiger partial charge in [-0.3, -0.25) is 19.2 Å². The van der Waals surface area contributed by atoms with Crippen LogP contribution in [0, 0.1) is 17.6 Å². The number of amides is 3. The zero-order valence-electron chi connectivity index (χ0n) is 27.8. The Morgan fingerprint density at radius 2 is 1.80 bits per heavy atom. The van der Waals surface area contributed by atoms with E-state index >= 15 is 0 Å². The summed E-state index contributed by atoms with van der Waals surface area (Å²) in [6.07, 6.45) is 5.11. The van der Waals surface area contributed by atoms with Gasteiger partial charge in [0.25, 0.3) is 21.8 Å². The van der Waals surface area contributed by atoms with Gasteiger partial charge in [0.1, 0.15) is 22.9 Å². The smallest absolute Gasteiger partial charge is 0.287 e. The van der Waals surface area contributed by atoms with E-state index in [2.05, 4.69) is 20.0 Å². The number of aromatic nitrogens is 3. The summed E-state index contributed by atoms with van der Waals surface area (Å²) in [6, 6.07) is -0.132. The number of benzene rings is 1. The highest BCUT2D eigenvalue weighted by Crippen LogP contribution is 2.34. The van der Waals surface area contributed by atoms with Crippen molar-refractivity contribution in [2.75, 3.05) is 19.8 Å². The number of nitrogens with two attached hydrogens (primary N) is 1. The summed E-state index contributed by atoms with van der Waals surface area (Å²) in [5.74, 6) is -6.81. The fraction of sp³-hybridized carbons (Fsp3) is 0.594. The average molecular weight is 722 g/mol. The van der Waals surface area contributed by atoms with Crippen molar-refractivity contribution in [3.8, 4) is 0 Å². The number of nitrogens with one attached hydrogen (secondary N) is 1. The Hall–Kier alpha value is -4.16.